The van der Waals surface area contributed by atoms with Crippen molar-refractivity contribution in [1.29, 1.82) is 0 Å². The smallest absolute Gasteiger partial charge is 0.445 e. The first-order valence-electron chi connectivity index (χ1n) is 3.94. The molecule has 0 atom stereocenters. The predicted molar refractivity (Wildman–Crippen MR) is 47.8 cm³/mol. The maximum Gasteiger partial charge on any atom is 1.00 e. The van der Waals surface area contributed by atoms with Crippen molar-refractivity contribution in [2.75, 3.05) is 0 Å². The summed E-state index contributed by atoms with van der Waals surface area (Å²) in [6.45, 7) is -3.32. The molecule has 0 amide bonds. The zero-order valence-corrected chi connectivity index (χ0v) is 11.4. The number of nitrogens with two attached hydrogens (primary N) is 1. The zero-order valence-electron chi connectivity index (χ0n) is 8.23. The zero-order chi connectivity index (χ0) is 10.1. The summed E-state index contributed by atoms with van der Waals surface area (Å²) in [5.41, 5.74) is 5.48. The monoisotopic (exact) mass is 227 g/mol. The molecule has 1 nitrogen and oxygen atoms in total. The number of hydrogen-bond donors (Lipinski definition) is 1. The normalized spacial score (nSPS) is 10.9. The van der Waals surface area contributed by atoms with Gasteiger partial charge in [0.05, 0.1) is 0 Å². The van der Waals surface area contributed by atoms with E-state index in [0.717, 1.165) is 6.07 Å². The Morgan fingerprint density at radius 2 is 1.86 bits per heavy atom. The van der Waals surface area contributed by atoms with E-state index in [4.69, 9.17) is 5.73 Å². The van der Waals surface area contributed by atoms with Crippen molar-refractivity contribution in [2.45, 2.75) is 13.5 Å². The van der Waals surface area contributed by atoms with Crippen molar-refractivity contribution in [3.63, 3.8) is 0 Å². The van der Waals surface area contributed by atoms with E-state index in [1.807, 2.05) is 0 Å². The molecule has 6 heteroatoms. The molecule has 0 aliphatic carbocycles. The maximum atomic E-state index is 12.4. The van der Waals surface area contributed by atoms with Gasteiger partial charge in [-0.15, -0.1) is 5.46 Å². The van der Waals surface area contributed by atoms with Gasteiger partial charge < -0.3 is 18.7 Å². The van der Waals surface area contributed by atoms with Crippen LogP contribution in [0.25, 0.3) is 0 Å². The first-order valence-corrected chi connectivity index (χ1v) is 3.94. The average Bonchev–Trinajstić information content (AvgIpc) is 2.03. The van der Waals surface area contributed by atoms with Crippen LogP contribution in [0.1, 0.15) is 11.1 Å². The molecule has 0 bridgehead atoms. The number of benzene rings is 1. The second-order valence-corrected chi connectivity index (χ2v) is 2.97. The molecule has 0 aliphatic heterocycles. The number of aryl methyl sites for hydroxylation is 1. The van der Waals surface area contributed by atoms with Gasteiger partial charge >= 0.3 is 58.4 Å². The topological polar surface area (TPSA) is 26.0 Å². The summed E-state index contributed by atoms with van der Waals surface area (Å²) < 4.78 is 37.2. The first kappa shape index (κ1) is 14.7. The van der Waals surface area contributed by atoms with Crippen molar-refractivity contribution in [3.05, 3.63) is 29.3 Å². The molecule has 1 aromatic carbocycles. The van der Waals surface area contributed by atoms with E-state index in [1.165, 1.54) is 13.0 Å². The minimum atomic E-state index is -4.91. The van der Waals surface area contributed by atoms with E-state index in [1.54, 1.807) is 6.07 Å². The fourth-order valence-corrected chi connectivity index (χ4v) is 1.17. The van der Waals surface area contributed by atoms with Crippen LogP contribution in [0.2, 0.25) is 0 Å². The molecule has 0 radical (unpaired) electrons. The molecular formula is C8H10BF3KN. The average molecular weight is 227 g/mol. The Morgan fingerprint density at radius 3 is 2.29 bits per heavy atom. The van der Waals surface area contributed by atoms with Gasteiger partial charge in [0.1, 0.15) is 0 Å². The van der Waals surface area contributed by atoms with Gasteiger partial charge in [0.15, 0.2) is 0 Å². The molecule has 0 aromatic heterocycles. The quantitative estimate of drug-likeness (QED) is 0.612. The SMILES string of the molecule is Cc1ccc(CN)cc1[B-](F)(F)F.[K+]. The molecule has 0 saturated heterocycles. The van der Waals surface area contributed by atoms with Crippen molar-refractivity contribution in [3.8, 4) is 0 Å². The molecule has 14 heavy (non-hydrogen) atoms. The van der Waals surface area contributed by atoms with Gasteiger partial charge in [-0.2, -0.15) is 0 Å². The number of halogens is 3. The predicted octanol–water partition coefficient (Wildman–Crippen LogP) is -1.49. The Labute approximate surface area is 124 Å². The molecular weight excluding hydrogens is 217 g/mol. The summed E-state index contributed by atoms with van der Waals surface area (Å²) in [6, 6.07) is 4.18. The largest absolute Gasteiger partial charge is 1.00 e. The van der Waals surface area contributed by atoms with Crippen LogP contribution < -0.4 is 62.6 Å². The fourth-order valence-electron chi connectivity index (χ4n) is 1.17. The second-order valence-electron chi connectivity index (χ2n) is 2.97. The standard InChI is InChI=1S/C8H10BF3N.K/c1-6-2-3-7(5-13)4-8(6)9(10,11)12;/h2-4H,5,13H2,1H3;/q-1;+1. The van der Waals surface area contributed by atoms with Gasteiger partial charge in [-0.1, -0.05) is 23.8 Å². The van der Waals surface area contributed by atoms with Gasteiger partial charge in [-0.25, -0.2) is 0 Å². The van der Waals surface area contributed by atoms with Gasteiger partial charge in [0.2, 0.25) is 0 Å². The van der Waals surface area contributed by atoms with Crippen LogP contribution in [0, 0.1) is 6.92 Å². The van der Waals surface area contributed by atoms with Gasteiger partial charge in [0, 0.05) is 6.54 Å². The van der Waals surface area contributed by atoms with Gasteiger partial charge in [-0.05, 0) is 12.5 Å². The number of hydrogen-bond acceptors (Lipinski definition) is 1. The second kappa shape index (κ2) is 5.67. The molecule has 1 aromatic rings. The Hall–Kier alpha value is 0.671. The van der Waals surface area contributed by atoms with Crippen molar-refractivity contribution in [2.24, 2.45) is 5.73 Å². The van der Waals surface area contributed by atoms with E-state index >= 15 is 0 Å². The van der Waals surface area contributed by atoms with Crippen LogP contribution in [-0.2, 0) is 6.54 Å². The van der Waals surface area contributed by atoms with E-state index < -0.39 is 12.4 Å². The van der Waals surface area contributed by atoms with Crippen LogP contribution in [0.15, 0.2) is 18.2 Å². The van der Waals surface area contributed by atoms with Crippen LogP contribution in [0.3, 0.4) is 0 Å². The Morgan fingerprint density at radius 1 is 1.29 bits per heavy atom. The van der Waals surface area contributed by atoms with E-state index in [-0.39, 0.29) is 63.5 Å². The number of rotatable bonds is 2. The van der Waals surface area contributed by atoms with Gasteiger partial charge in [-0.3, -0.25) is 0 Å². The molecule has 72 valence electrons. The summed E-state index contributed by atoms with van der Waals surface area (Å²) in [5.74, 6) is 0. The Kier molecular flexibility index (Phi) is 5.94. The van der Waals surface area contributed by atoms with Crippen molar-refractivity contribution >= 4 is 12.4 Å². The minimum absolute atomic E-state index is 0. The van der Waals surface area contributed by atoms with Crippen LogP contribution in [0.4, 0.5) is 12.9 Å². The summed E-state index contributed by atoms with van der Waals surface area (Å²) in [5, 5.41) is 0. The minimum Gasteiger partial charge on any atom is -0.445 e. The van der Waals surface area contributed by atoms with Crippen molar-refractivity contribution < 1.29 is 64.3 Å². The third-order valence-electron chi connectivity index (χ3n) is 1.93. The first-order chi connectivity index (χ1) is 5.95. The van der Waals surface area contributed by atoms with E-state index in [9.17, 15) is 12.9 Å². The van der Waals surface area contributed by atoms with Crippen LogP contribution >= 0.6 is 0 Å². The van der Waals surface area contributed by atoms with E-state index in [0.29, 0.717) is 5.56 Å². The van der Waals surface area contributed by atoms with Crippen LogP contribution in [-0.4, -0.2) is 6.98 Å². The summed E-state index contributed by atoms with van der Waals surface area (Å²) in [4.78, 5) is 0. The summed E-state index contributed by atoms with van der Waals surface area (Å²) in [6.07, 6.45) is 0. The molecule has 0 saturated carbocycles. The molecule has 0 fully saturated rings. The molecule has 0 heterocycles. The third kappa shape index (κ3) is 3.68. The molecule has 0 aliphatic rings. The Bertz CT molecular complexity index is 314. The fraction of sp³-hybridized carbons (Fsp3) is 0.250. The van der Waals surface area contributed by atoms with Crippen LogP contribution in [0.5, 0.6) is 0 Å². The molecule has 0 spiro atoms. The Balaban J connectivity index is 0.00000169. The summed E-state index contributed by atoms with van der Waals surface area (Å²) in [7, 11) is 0. The maximum absolute atomic E-state index is 12.4. The molecule has 1 rings (SSSR count). The van der Waals surface area contributed by atoms with E-state index in [2.05, 4.69) is 0 Å². The molecule has 2 N–H and O–H groups in total. The molecule has 0 unspecified atom stereocenters. The third-order valence-corrected chi connectivity index (χ3v) is 1.93. The van der Waals surface area contributed by atoms with Gasteiger partial charge in [0.25, 0.3) is 0 Å². The van der Waals surface area contributed by atoms with Crippen molar-refractivity contribution in [1.82, 2.24) is 0 Å². The summed E-state index contributed by atoms with van der Waals surface area (Å²) >= 11 is 0.